The molecule has 1 rings (SSSR count). The highest BCUT2D eigenvalue weighted by atomic mass is 16.5. The summed E-state index contributed by atoms with van der Waals surface area (Å²) in [5.41, 5.74) is 0.581. The zero-order valence-corrected chi connectivity index (χ0v) is 8.72. The second kappa shape index (κ2) is 3.62. The van der Waals surface area contributed by atoms with Gasteiger partial charge in [-0.2, -0.15) is 0 Å². The normalized spacial score (nSPS) is 26.4. The van der Waals surface area contributed by atoms with Gasteiger partial charge in [-0.1, -0.05) is 5.57 Å². The average molecular weight is 182 g/mol. The molecule has 2 heteroatoms. The molecule has 1 aliphatic rings. The van der Waals surface area contributed by atoms with Crippen LogP contribution in [0.5, 0.6) is 0 Å². The minimum absolute atomic E-state index is 0.0895. The van der Waals surface area contributed by atoms with Gasteiger partial charge in [-0.25, -0.2) is 0 Å². The number of carbonyl (C=O) groups is 1. The lowest BCUT2D eigenvalue weighted by Crippen LogP contribution is -2.29. The summed E-state index contributed by atoms with van der Waals surface area (Å²) in [7, 11) is 0. The van der Waals surface area contributed by atoms with Crippen molar-refractivity contribution in [1.82, 2.24) is 0 Å². The van der Waals surface area contributed by atoms with Crippen LogP contribution in [0.1, 0.15) is 33.6 Å². The fourth-order valence-electron chi connectivity index (χ4n) is 1.58. The van der Waals surface area contributed by atoms with Crippen molar-refractivity contribution in [2.45, 2.75) is 39.2 Å². The highest BCUT2D eigenvalue weighted by Crippen LogP contribution is 2.28. The first-order valence-corrected chi connectivity index (χ1v) is 4.76. The first kappa shape index (κ1) is 10.5. The molecule has 1 aliphatic heterocycles. The fourth-order valence-corrected chi connectivity index (χ4v) is 1.58. The van der Waals surface area contributed by atoms with Crippen LogP contribution in [0.3, 0.4) is 0 Å². The van der Waals surface area contributed by atoms with Crippen LogP contribution in [-0.4, -0.2) is 18.0 Å². The molecule has 1 saturated heterocycles. The van der Waals surface area contributed by atoms with Gasteiger partial charge in [0.15, 0.2) is 5.78 Å². The number of hydrogen-bond donors (Lipinski definition) is 0. The maximum atomic E-state index is 11.7. The van der Waals surface area contributed by atoms with Crippen LogP contribution in [-0.2, 0) is 9.53 Å². The van der Waals surface area contributed by atoms with Crippen LogP contribution in [0.2, 0.25) is 0 Å². The largest absolute Gasteiger partial charge is 0.367 e. The maximum absolute atomic E-state index is 11.7. The van der Waals surface area contributed by atoms with Crippen LogP contribution in [0.25, 0.3) is 0 Å². The van der Waals surface area contributed by atoms with Crippen molar-refractivity contribution in [2.24, 2.45) is 5.92 Å². The molecule has 13 heavy (non-hydrogen) atoms. The number of Topliss-reactive ketones (excluding diaryl/α,β-unsaturated/α-hetero) is 1. The Labute approximate surface area is 80.0 Å². The fraction of sp³-hybridized carbons (Fsp3) is 0.727. The van der Waals surface area contributed by atoms with Crippen LogP contribution in [0.15, 0.2) is 12.2 Å². The molecule has 0 aliphatic carbocycles. The monoisotopic (exact) mass is 182 g/mol. The molecule has 0 aromatic rings. The predicted octanol–water partition coefficient (Wildman–Crippen LogP) is 2.34. The van der Waals surface area contributed by atoms with Gasteiger partial charge < -0.3 is 4.74 Å². The van der Waals surface area contributed by atoms with E-state index in [-0.39, 0.29) is 11.7 Å². The van der Waals surface area contributed by atoms with Gasteiger partial charge in [0.1, 0.15) is 5.60 Å². The second-order valence-corrected chi connectivity index (χ2v) is 4.38. The van der Waals surface area contributed by atoms with Gasteiger partial charge in [-0.15, -0.1) is 6.58 Å². The summed E-state index contributed by atoms with van der Waals surface area (Å²) in [6.45, 7) is 10.1. The molecule has 74 valence electrons. The quantitative estimate of drug-likeness (QED) is 0.626. The van der Waals surface area contributed by atoms with E-state index in [1.165, 1.54) is 0 Å². The highest BCUT2D eigenvalue weighted by Gasteiger charge is 2.40. The Morgan fingerprint density at radius 2 is 2.31 bits per heavy atom. The van der Waals surface area contributed by atoms with Crippen LogP contribution in [0, 0.1) is 5.92 Å². The van der Waals surface area contributed by atoms with Crippen molar-refractivity contribution in [3.8, 4) is 0 Å². The van der Waals surface area contributed by atoms with Crippen LogP contribution in [0.4, 0.5) is 0 Å². The topological polar surface area (TPSA) is 26.3 Å². The van der Waals surface area contributed by atoms with E-state index in [2.05, 4.69) is 6.58 Å². The van der Waals surface area contributed by atoms with E-state index in [0.717, 1.165) is 18.4 Å². The summed E-state index contributed by atoms with van der Waals surface area (Å²) in [6, 6.07) is 0. The van der Waals surface area contributed by atoms with E-state index in [9.17, 15) is 4.79 Å². The van der Waals surface area contributed by atoms with E-state index in [0.29, 0.717) is 6.61 Å². The van der Waals surface area contributed by atoms with Gasteiger partial charge in [0.2, 0.25) is 0 Å². The predicted molar refractivity (Wildman–Crippen MR) is 52.6 cm³/mol. The van der Waals surface area contributed by atoms with E-state index >= 15 is 0 Å². The number of ether oxygens (including phenoxy) is 1. The number of hydrogen-bond acceptors (Lipinski definition) is 2. The molecule has 0 amide bonds. The van der Waals surface area contributed by atoms with Crippen molar-refractivity contribution >= 4 is 5.78 Å². The van der Waals surface area contributed by atoms with Crippen molar-refractivity contribution in [3.05, 3.63) is 12.2 Å². The smallest absolute Gasteiger partial charge is 0.169 e. The van der Waals surface area contributed by atoms with Crippen molar-refractivity contribution in [2.75, 3.05) is 6.61 Å². The minimum atomic E-state index is -0.556. The molecule has 1 atom stereocenters. The zero-order chi connectivity index (χ0) is 10.1. The second-order valence-electron chi connectivity index (χ2n) is 4.38. The third-order valence-electron chi connectivity index (χ3n) is 2.53. The Balaban J connectivity index is 2.47. The third-order valence-corrected chi connectivity index (χ3v) is 2.53. The van der Waals surface area contributed by atoms with Gasteiger partial charge >= 0.3 is 0 Å². The first-order chi connectivity index (χ1) is 5.93. The Morgan fingerprint density at radius 3 is 2.69 bits per heavy atom. The molecule has 1 unspecified atom stereocenters. The molecule has 0 bridgehead atoms. The van der Waals surface area contributed by atoms with Crippen molar-refractivity contribution < 1.29 is 9.53 Å². The van der Waals surface area contributed by atoms with Gasteiger partial charge in [0.25, 0.3) is 0 Å². The standard InChI is InChI=1S/C11H18O2/c1-8(2)5-6-9-7-13-11(3,4)10(9)12/h9H,1,5-7H2,2-4H3. The van der Waals surface area contributed by atoms with Gasteiger partial charge in [-0.3, -0.25) is 4.79 Å². The number of ketones is 1. The van der Waals surface area contributed by atoms with Gasteiger partial charge in [0, 0.05) is 5.92 Å². The first-order valence-electron chi connectivity index (χ1n) is 4.76. The molecule has 0 radical (unpaired) electrons. The molecule has 0 aromatic heterocycles. The van der Waals surface area contributed by atoms with E-state index in [1.807, 2.05) is 20.8 Å². The lowest BCUT2D eigenvalue weighted by atomic mass is 9.91. The Kier molecular flexibility index (Phi) is 2.91. The average Bonchev–Trinajstić information content (AvgIpc) is 2.25. The van der Waals surface area contributed by atoms with Crippen molar-refractivity contribution in [1.29, 1.82) is 0 Å². The maximum Gasteiger partial charge on any atom is 0.169 e. The summed E-state index contributed by atoms with van der Waals surface area (Å²) >= 11 is 0. The van der Waals surface area contributed by atoms with Gasteiger partial charge in [-0.05, 0) is 33.6 Å². The molecular formula is C11H18O2. The van der Waals surface area contributed by atoms with Crippen LogP contribution < -0.4 is 0 Å². The zero-order valence-electron chi connectivity index (χ0n) is 8.72. The van der Waals surface area contributed by atoms with Crippen molar-refractivity contribution in [3.63, 3.8) is 0 Å². The Morgan fingerprint density at radius 1 is 1.69 bits per heavy atom. The highest BCUT2D eigenvalue weighted by molar-refractivity contribution is 5.90. The Hall–Kier alpha value is -0.630. The van der Waals surface area contributed by atoms with E-state index in [1.54, 1.807) is 0 Å². The molecule has 0 saturated carbocycles. The summed E-state index contributed by atoms with van der Waals surface area (Å²) in [5.74, 6) is 0.334. The van der Waals surface area contributed by atoms with E-state index in [4.69, 9.17) is 4.74 Å². The SMILES string of the molecule is C=C(C)CCC1COC(C)(C)C1=O. The van der Waals surface area contributed by atoms with Gasteiger partial charge in [0.05, 0.1) is 6.61 Å². The molecule has 2 nitrogen and oxygen atoms in total. The lowest BCUT2D eigenvalue weighted by Gasteiger charge is -2.14. The number of allylic oxidation sites excluding steroid dienone is 1. The summed E-state index contributed by atoms with van der Waals surface area (Å²) in [4.78, 5) is 11.7. The number of rotatable bonds is 3. The third kappa shape index (κ3) is 2.41. The molecule has 1 fully saturated rings. The Bertz CT molecular complexity index is 228. The molecule has 1 heterocycles. The van der Waals surface area contributed by atoms with E-state index < -0.39 is 5.60 Å². The summed E-state index contributed by atoms with van der Waals surface area (Å²) < 4.78 is 5.42. The molecule has 0 N–H and O–H groups in total. The van der Waals surface area contributed by atoms with Crippen LogP contribution >= 0.6 is 0 Å². The minimum Gasteiger partial charge on any atom is -0.367 e. The summed E-state index contributed by atoms with van der Waals surface area (Å²) in [5, 5.41) is 0. The summed E-state index contributed by atoms with van der Waals surface area (Å²) in [6.07, 6.45) is 1.81. The lowest BCUT2D eigenvalue weighted by molar-refractivity contribution is -0.130. The number of carbonyl (C=O) groups excluding carboxylic acids is 1. The molecule has 0 aromatic carbocycles. The molecule has 0 spiro atoms. The molecular weight excluding hydrogens is 164 g/mol.